The Morgan fingerprint density at radius 2 is 1.40 bits per heavy atom. The van der Waals surface area contributed by atoms with Crippen molar-refractivity contribution in [2.24, 2.45) is 5.41 Å². The summed E-state index contributed by atoms with van der Waals surface area (Å²) < 4.78 is 11.8. The van der Waals surface area contributed by atoms with Crippen LogP contribution >= 0.6 is 0 Å². The molecule has 1 atom stereocenters. The highest BCUT2D eigenvalue weighted by Gasteiger charge is 2.32. The first kappa shape index (κ1) is 31.4. The number of ketones is 1. The first-order chi connectivity index (χ1) is 19.1. The molecule has 0 radical (unpaired) electrons. The van der Waals surface area contributed by atoms with Crippen LogP contribution in [0.4, 0.5) is 0 Å². The molecule has 0 saturated carbocycles. The monoisotopic (exact) mass is 546 g/mol. The third kappa shape index (κ3) is 7.52. The Morgan fingerprint density at radius 3 is 1.90 bits per heavy atom. The summed E-state index contributed by atoms with van der Waals surface area (Å²) in [5, 5.41) is 18.7. The fourth-order valence-corrected chi connectivity index (χ4v) is 5.27. The lowest BCUT2D eigenvalue weighted by atomic mass is 9.70. The highest BCUT2D eigenvalue weighted by molar-refractivity contribution is 5.85. The van der Waals surface area contributed by atoms with Crippen molar-refractivity contribution in [3.8, 4) is 11.5 Å². The number of hydrogen-bond acceptors (Lipinski definition) is 5. The zero-order chi connectivity index (χ0) is 29.3. The normalized spacial score (nSPS) is 12.7. The smallest absolute Gasteiger partial charge is 0.175 e. The highest BCUT2D eigenvalue weighted by Crippen LogP contribution is 2.41. The van der Waals surface area contributed by atoms with Crippen molar-refractivity contribution in [3.05, 3.63) is 94.5 Å². The Morgan fingerprint density at radius 1 is 0.850 bits per heavy atom. The molecule has 3 aromatic rings. The molecule has 0 bridgehead atoms. The molecule has 0 aliphatic rings. The summed E-state index contributed by atoms with van der Waals surface area (Å²) in [7, 11) is 0. The van der Waals surface area contributed by atoms with E-state index in [2.05, 4.69) is 50.2 Å². The molecule has 3 aromatic carbocycles. The summed E-state index contributed by atoms with van der Waals surface area (Å²) in [4.78, 5) is 13.1. The van der Waals surface area contributed by atoms with Crippen LogP contribution in [-0.2, 0) is 16.6 Å². The van der Waals surface area contributed by atoms with Gasteiger partial charge in [-0.1, -0.05) is 82.3 Å². The van der Waals surface area contributed by atoms with E-state index in [9.17, 15) is 9.90 Å². The Labute approximate surface area is 240 Å². The number of rotatable bonds is 15. The van der Waals surface area contributed by atoms with Crippen LogP contribution in [0, 0.1) is 19.3 Å². The zero-order valence-corrected chi connectivity index (χ0v) is 25.0. The van der Waals surface area contributed by atoms with Gasteiger partial charge < -0.3 is 19.7 Å². The molecule has 5 heteroatoms. The number of aliphatic hydroxyl groups excluding tert-OH is 2. The zero-order valence-electron chi connectivity index (χ0n) is 25.0. The second kappa shape index (κ2) is 14.0. The summed E-state index contributed by atoms with van der Waals surface area (Å²) >= 11 is 0. The van der Waals surface area contributed by atoms with Gasteiger partial charge >= 0.3 is 0 Å². The summed E-state index contributed by atoms with van der Waals surface area (Å²) in [6, 6.07) is 22.8. The first-order valence-corrected chi connectivity index (χ1v) is 14.4. The maximum Gasteiger partial charge on any atom is 0.175 e. The van der Waals surface area contributed by atoms with Gasteiger partial charge in [-0.25, -0.2) is 0 Å². The minimum Gasteiger partial charge on any atom is -0.491 e. The van der Waals surface area contributed by atoms with Gasteiger partial charge in [0.25, 0.3) is 0 Å². The molecule has 0 fully saturated rings. The van der Waals surface area contributed by atoms with Crippen molar-refractivity contribution in [1.82, 2.24) is 0 Å². The average Bonchev–Trinajstić information content (AvgIpc) is 2.96. The predicted molar refractivity (Wildman–Crippen MR) is 161 cm³/mol. The van der Waals surface area contributed by atoms with Gasteiger partial charge in [0, 0.05) is 10.8 Å². The quantitative estimate of drug-likeness (QED) is 0.221. The van der Waals surface area contributed by atoms with E-state index in [-0.39, 0.29) is 31.0 Å². The SMILES string of the molecule is CCC(CC)(c1ccc(OCC(=O)C(C)(C)CCc2ccccc2)c(C)c1)c1ccc(OC[C@@H](O)CO)c(C)c1. The lowest BCUT2D eigenvalue weighted by molar-refractivity contribution is -0.129. The van der Waals surface area contributed by atoms with Crippen LogP contribution in [0.5, 0.6) is 11.5 Å². The molecule has 3 rings (SSSR count). The maximum atomic E-state index is 13.1. The van der Waals surface area contributed by atoms with Crippen LogP contribution in [0.1, 0.15) is 74.8 Å². The van der Waals surface area contributed by atoms with Crippen molar-refractivity contribution in [3.63, 3.8) is 0 Å². The van der Waals surface area contributed by atoms with Crippen LogP contribution < -0.4 is 9.47 Å². The number of aryl methyl sites for hydroxylation is 3. The summed E-state index contributed by atoms with van der Waals surface area (Å²) in [5.41, 5.74) is 4.99. The Hall–Kier alpha value is -3.15. The number of carbonyl (C=O) groups excluding carboxylic acids is 1. The number of ether oxygens (including phenoxy) is 2. The summed E-state index contributed by atoms with van der Waals surface area (Å²) in [6.45, 7) is 12.2. The third-order valence-corrected chi connectivity index (χ3v) is 8.30. The molecule has 5 nitrogen and oxygen atoms in total. The van der Waals surface area contributed by atoms with Crippen LogP contribution in [0.25, 0.3) is 0 Å². The van der Waals surface area contributed by atoms with Crippen molar-refractivity contribution < 1.29 is 24.5 Å². The average molecular weight is 547 g/mol. The van der Waals surface area contributed by atoms with Crippen molar-refractivity contribution in [1.29, 1.82) is 0 Å². The molecule has 0 unspecified atom stereocenters. The molecule has 0 spiro atoms. The molecule has 0 heterocycles. The molecule has 0 amide bonds. The first-order valence-electron chi connectivity index (χ1n) is 14.4. The molecular formula is C35H46O5. The fourth-order valence-electron chi connectivity index (χ4n) is 5.27. The third-order valence-electron chi connectivity index (χ3n) is 8.30. The van der Waals surface area contributed by atoms with E-state index < -0.39 is 11.5 Å². The number of benzene rings is 3. The highest BCUT2D eigenvalue weighted by atomic mass is 16.5. The van der Waals surface area contributed by atoms with Gasteiger partial charge in [-0.3, -0.25) is 4.79 Å². The van der Waals surface area contributed by atoms with E-state index >= 15 is 0 Å². The van der Waals surface area contributed by atoms with Crippen molar-refractivity contribution >= 4 is 5.78 Å². The van der Waals surface area contributed by atoms with Gasteiger partial charge in [-0.15, -0.1) is 0 Å². The van der Waals surface area contributed by atoms with E-state index in [4.69, 9.17) is 14.6 Å². The summed E-state index contributed by atoms with van der Waals surface area (Å²) in [6.07, 6.45) is 2.57. The minimum atomic E-state index is -0.899. The van der Waals surface area contributed by atoms with Crippen molar-refractivity contribution in [2.75, 3.05) is 19.8 Å². The molecule has 0 aromatic heterocycles. The van der Waals surface area contributed by atoms with Gasteiger partial charge in [-0.2, -0.15) is 0 Å². The van der Waals surface area contributed by atoms with E-state index in [0.29, 0.717) is 5.75 Å². The number of hydrogen-bond donors (Lipinski definition) is 2. The molecular weight excluding hydrogens is 500 g/mol. The number of Topliss-reactive ketones (excluding diaryl/α,β-unsaturated/α-hetero) is 1. The lowest BCUT2D eigenvalue weighted by Gasteiger charge is -2.34. The minimum absolute atomic E-state index is 0.0523. The molecule has 2 N–H and O–H groups in total. The standard InChI is InChI=1S/C35H46O5/c1-7-35(8-2,28-14-16-31(25(3)20-28)39-23-30(37)22-36)29-15-17-32(26(4)21-29)40-24-33(38)34(5,6)19-18-27-12-10-9-11-13-27/h9-17,20-21,30,36-37H,7-8,18-19,22-24H2,1-6H3/t30-/m0/s1. The Balaban J connectivity index is 1.73. The van der Waals surface area contributed by atoms with Gasteiger partial charge in [0.1, 0.15) is 30.8 Å². The number of aliphatic hydroxyl groups is 2. The largest absolute Gasteiger partial charge is 0.491 e. The lowest BCUT2D eigenvalue weighted by Crippen LogP contribution is -2.30. The van der Waals surface area contributed by atoms with Crippen LogP contribution in [0.3, 0.4) is 0 Å². The summed E-state index contributed by atoms with van der Waals surface area (Å²) in [5.74, 6) is 1.54. The Kier molecular flexibility index (Phi) is 11.0. The molecule has 216 valence electrons. The van der Waals surface area contributed by atoms with Crippen LogP contribution in [0.15, 0.2) is 66.7 Å². The van der Waals surface area contributed by atoms with Crippen LogP contribution in [0.2, 0.25) is 0 Å². The second-order valence-corrected chi connectivity index (χ2v) is 11.5. The Bertz CT molecular complexity index is 1240. The van der Waals surface area contributed by atoms with Crippen molar-refractivity contribution in [2.45, 2.75) is 78.7 Å². The van der Waals surface area contributed by atoms with E-state index in [1.807, 2.05) is 58.0 Å². The van der Waals surface area contributed by atoms with E-state index in [0.717, 1.165) is 42.6 Å². The molecule has 0 aliphatic carbocycles. The molecule has 40 heavy (non-hydrogen) atoms. The fraction of sp³-hybridized carbons (Fsp3) is 0.457. The van der Waals surface area contributed by atoms with E-state index in [1.165, 1.54) is 16.7 Å². The maximum absolute atomic E-state index is 13.1. The topological polar surface area (TPSA) is 76.0 Å². The molecule has 0 aliphatic heterocycles. The van der Waals surface area contributed by atoms with Gasteiger partial charge in [0.2, 0.25) is 0 Å². The second-order valence-electron chi connectivity index (χ2n) is 11.5. The van der Waals surface area contributed by atoms with E-state index in [1.54, 1.807) is 0 Å². The molecule has 0 saturated heterocycles. The predicted octanol–water partition coefficient (Wildman–Crippen LogP) is 6.75. The number of carbonyl (C=O) groups is 1. The van der Waals surface area contributed by atoms with Crippen LogP contribution in [-0.4, -0.2) is 41.9 Å². The van der Waals surface area contributed by atoms with Gasteiger partial charge in [-0.05, 0) is 79.5 Å². The van der Waals surface area contributed by atoms with Gasteiger partial charge in [0.15, 0.2) is 5.78 Å². The van der Waals surface area contributed by atoms with Gasteiger partial charge in [0.05, 0.1) is 6.61 Å².